The minimum absolute atomic E-state index is 0. The molecule has 0 aliphatic rings. The molecule has 0 aliphatic carbocycles. The number of hydrogen-bond acceptors (Lipinski definition) is 8. The zero-order chi connectivity index (χ0) is 25.3. The second kappa shape index (κ2) is 12.0. The van der Waals surface area contributed by atoms with Crippen LogP contribution in [0, 0.1) is 0 Å². The third-order valence-corrected chi connectivity index (χ3v) is 6.89. The molecule has 0 radical (unpaired) electrons. The number of hydrogen-bond donors (Lipinski definition) is 0. The van der Waals surface area contributed by atoms with Gasteiger partial charge in [-0.25, -0.2) is 9.59 Å². The molecule has 0 saturated heterocycles. The van der Waals surface area contributed by atoms with Crippen molar-refractivity contribution in [3.63, 3.8) is 0 Å². The first kappa shape index (κ1) is 25.0. The summed E-state index contributed by atoms with van der Waals surface area (Å²) in [4.78, 5) is 35.6. The first-order chi connectivity index (χ1) is 17.6. The van der Waals surface area contributed by atoms with Gasteiger partial charge >= 0.3 is 11.9 Å². The lowest BCUT2D eigenvalue weighted by molar-refractivity contribution is 0.0531. The van der Waals surface area contributed by atoms with E-state index >= 15 is 0 Å². The quantitative estimate of drug-likeness (QED) is 0.171. The molecule has 4 heterocycles. The standard InChI is InChI=1S/C28H22N2O4S2.H2/c1-3-33-27(31)25-11-9-21(35-25)7-5-19-13-15-29-23(17-19)24-18-20(14-16-30-24)6-8-22-10-12-26(36-22)28(32)34-4-2;/h3,5-18H,1,4H2,2H3;1H/b7-5+,8-6+;. The van der Waals surface area contributed by atoms with E-state index in [0.717, 1.165) is 38.5 Å². The van der Waals surface area contributed by atoms with E-state index in [4.69, 9.17) is 9.47 Å². The van der Waals surface area contributed by atoms with Crippen molar-refractivity contribution in [3.8, 4) is 11.4 Å². The maximum absolute atomic E-state index is 11.9. The van der Waals surface area contributed by atoms with Crippen LogP contribution < -0.4 is 0 Å². The maximum Gasteiger partial charge on any atom is 0.353 e. The maximum atomic E-state index is 11.9. The molecule has 0 aliphatic heterocycles. The number of pyridine rings is 2. The van der Waals surface area contributed by atoms with Crippen molar-refractivity contribution >= 4 is 58.9 Å². The lowest BCUT2D eigenvalue weighted by Crippen LogP contribution is -2.01. The molecule has 8 heteroatoms. The van der Waals surface area contributed by atoms with Gasteiger partial charge in [-0.1, -0.05) is 18.7 Å². The summed E-state index contributed by atoms with van der Waals surface area (Å²) in [6, 6.07) is 15.0. The fourth-order valence-electron chi connectivity index (χ4n) is 3.18. The average molecular weight is 517 g/mol. The van der Waals surface area contributed by atoms with Gasteiger partial charge in [0.1, 0.15) is 9.75 Å². The van der Waals surface area contributed by atoms with Crippen LogP contribution in [-0.4, -0.2) is 28.5 Å². The minimum atomic E-state index is -0.417. The number of rotatable bonds is 9. The molecule has 0 saturated carbocycles. The second-order valence-corrected chi connectivity index (χ2v) is 9.54. The summed E-state index contributed by atoms with van der Waals surface area (Å²) >= 11 is 2.73. The van der Waals surface area contributed by atoms with Crippen LogP contribution in [-0.2, 0) is 9.47 Å². The molecular formula is C28H24N2O4S2. The Balaban J connectivity index is 0.00000380. The highest BCUT2D eigenvalue weighted by Crippen LogP contribution is 2.23. The van der Waals surface area contributed by atoms with E-state index in [2.05, 4.69) is 16.5 Å². The number of carbonyl (C=O) groups is 2. The van der Waals surface area contributed by atoms with Gasteiger partial charge in [0.05, 0.1) is 24.3 Å². The Bertz CT molecular complexity index is 1460. The Morgan fingerprint density at radius 1 is 0.833 bits per heavy atom. The summed E-state index contributed by atoms with van der Waals surface area (Å²) in [7, 11) is 0. The molecule has 36 heavy (non-hydrogen) atoms. The lowest BCUT2D eigenvalue weighted by atomic mass is 10.1. The number of thiophene rings is 2. The van der Waals surface area contributed by atoms with Gasteiger partial charge in [-0.2, -0.15) is 0 Å². The van der Waals surface area contributed by atoms with Gasteiger partial charge in [0, 0.05) is 23.6 Å². The first-order valence-electron chi connectivity index (χ1n) is 11.0. The SMILES string of the molecule is C=COC(=O)c1ccc(/C=C/c2ccnc(-c3cc(/C=C/c4ccc(C(=O)OCC)s4)ccn3)c2)s1.[HH]. The monoisotopic (exact) mass is 516 g/mol. The number of aromatic nitrogens is 2. The van der Waals surface area contributed by atoms with Gasteiger partial charge in [0.25, 0.3) is 0 Å². The van der Waals surface area contributed by atoms with Gasteiger partial charge in [0.15, 0.2) is 0 Å². The fourth-order valence-corrected chi connectivity index (χ4v) is 4.78. The van der Waals surface area contributed by atoms with Gasteiger partial charge < -0.3 is 9.47 Å². The number of nitrogens with zero attached hydrogens (tertiary/aromatic N) is 2. The molecule has 4 aromatic rings. The highest BCUT2D eigenvalue weighted by atomic mass is 32.1. The predicted octanol–water partition coefficient (Wildman–Crippen LogP) is 7.33. The third kappa shape index (κ3) is 6.50. The summed E-state index contributed by atoms with van der Waals surface area (Å²) in [5.41, 5.74) is 3.41. The van der Waals surface area contributed by atoms with Crippen LogP contribution in [0.3, 0.4) is 0 Å². The number of ether oxygens (including phenoxy) is 2. The lowest BCUT2D eigenvalue weighted by Gasteiger charge is -2.03. The van der Waals surface area contributed by atoms with Crippen molar-refractivity contribution in [1.29, 1.82) is 0 Å². The summed E-state index contributed by atoms with van der Waals surface area (Å²) in [5.74, 6) is -0.720. The normalized spacial score (nSPS) is 11.1. The van der Waals surface area contributed by atoms with Crippen LogP contribution in [0.2, 0.25) is 0 Å². The van der Waals surface area contributed by atoms with Gasteiger partial charge in [-0.05, 0) is 78.7 Å². The van der Waals surface area contributed by atoms with E-state index in [-0.39, 0.29) is 7.40 Å². The molecule has 0 atom stereocenters. The topological polar surface area (TPSA) is 78.4 Å². The van der Waals surface area contributed by atoms with E-state index in [0.29, 0.717) is 16.4 Å². The Labute approximate surface area is 218 Å². The zero-order valence-electron chi connectivity index (χ0n) is 19.4. The highest BCUT2D eigenvalue weighted by Gasteiger charge is 2.10. The number of esters is 2. The summed E-state index contributed by atoms with van der Waals surface area (Å²) in [5, 5.41) is 0. The van der Waals surface area contributed by atoms with Crippen molar-refractivity contribution < 1.29 is 20.5 Å². The molecule has 6 nitrogen and oxygen atoms in total. The van der Waals surface area contributed by atoms with Crippen molar-refractivity contribution in [2.75, 3.05) is 6.61 Å². The smallest absolute Gasteiger partial charge is 0.353 e. The molecule has 0 unspecified atom stereocenters. The Morgan fingerprint density at radius 3 is 1.86 bits per heavy atom. The third-order valence-electron chi connectivity index (χ3n) is 4.83. The van der Waals surface area contributed by atoms with Crippen LogP contribution in [0.15, 0.2) is 73.8 Å². The first-order valence-corrected chi connectivity index (χ1v) is 12.7. The van der Waals surface area contributed by atoms with Crippen molar-refractivity contribution in [1.82, 2.24) is 9.97 Å². The van der Waals surface area contributed by atoms with Crippen LogP contribution in [0.1, 0.15) is 48.6 Å². The molecule has 0 N–H and O–H groups in total. The molecule has 0 fully saturated rings. The molecule has 4 aromatic heterocycles. The average Bonchev–Trinajstić information content (AvgIpc) is 3.57. The second-order valence-electron chi connectivity index (χ2n) is 7.31. The van der Waals surface area contributed by atoms with Crippen LogP contribution in [0.25, 0.3) is 35.7 Å². The van der Waals surface area contributed by atoms with Crippen LogP contribution >= 0.6 is 22.7 Å². The Morgan fingerprint density at radius 2 is 1.36 bits per heavy atom. The van der Waals surface area contributed by atoms with Crippen molar-refractivity contribution in [2.45, 2.75) is 6.92 Å². The van der Waals surface area contributed by atoms with Crippen LogP contribution in [0.4, 0.5) is 0 Å². The zero-order valence-corrected chi connectivity index (χ0v) is 21.1. The largest absolute Gasteiger partial charge is 0.462 e. The number of carbonyl (C=O) groups excluding carboxylic acids is 2. The van der Waals surface area contributed by atoms with Gasteiger partial charge in [0.2, 0.25) is 0 Å². The molecule has 182 valence electrons. The van der Waals surface area contributed by atoms with E-state index in [1.165, 1.54) is 22.7 Å². The predicted molar refractivity (Wildman–Crippen MR) is 148 cm³/mol. The summed E-state index contributed by atoms with van der Waals surface area (Å²) in [6.45, 7) is 5.55. The van der Waals surface area contributed by atoms with Crippen LogP contribution in [0.5, 0.6) is 0 Å². The highest BCUT2D eigenvalue weighted by molar-refractivity contribution is 7.15. The molecule has 0 spiro atoms. The Kier molecular flexibility index (Phi) is 8.33. The van der Waals surface area contributed by atoms with E-state index < -0.39 is 5.97 Å². The van der Waals surface area contributed by atoms with Gasteiger partial charge in [-0.3, -0.25) is 9.97 Å². The molecule has 0 bridgehead atoms. The fraction of sp³-hybridized carbons (Fsp3) is 0.0714. The molecule has 0 amide bonds. The minimum Gasteiger partial charge on any atom is -0.462 e. The molecular weight excluding hydrogens is 492 g/mol. The van der Waals surface area contributed by atoms with Crippen molar-refractivity contribution in [3.05, 3.63) is 104 Å². The molecule has 0 aromatic carbocycles. The van der Waals surface area contributed by atoms with E-state index in [1.807, 2.05) is 60.7 Å². The van der Waals surface area contributed by atoms with Gasteiger partial charge in [-0.15, -0.1) is 22.7 Å². The summed E-state index contributed by atoms with van der Waals surface area (Å²) < 4.78 is 9.86. The van der Waals surface area contributed by atoms with E-state index in [9.17, 15) is 9.59 Å². The Hall–Kier alpha value is -4.14. The summed E-state index contributed by atoms with van der Waals surface area (Å²) in [6.07, 6.45) is 12.4. The van der Waals surface area contributed by atoms with Crippen molar-refractivity contribution in [2.24, 2.45) is 0 Å². The molecule has 4 rings (SSSR count). The van der Waals surface area contributed by atoms with E-state index in [1.54, 1.807) is 31.5 Å².